The number of rotatable bonds is 2. The van der Waals surface area contributed by atoms with Crippen molar-refractivity contribution in [1.29, 1.82) is 0 Å². The van der Waals surface area contributed by atoms with Gasteiger partial charge in [0.25, 0.3) is 5.91 Å². The molecule has 1 aromatic rings. The second-order valence-corrected chi connectivity index (χ2v) is 2.94. The van der Waals surface area contributed by atoms with Crippen LogP contribution in [-0.4, -0.2) is 23.1 Å². The third kappa shape index (κ3) is 1.49. The zero-order valence-electron chi connectivity index (χ0n) is 7.55. The van der Waals surface area contributed by atoms with Crippen molar-refractivity contribution in [2.24, 2.45) is 10.8 Å². The largest absolute Gasteiger partial charge is 0.325 e. The van der Waals surface area contributed by atoms with Gasteiger partial charge in [0.05, 0.1) is 12.1 Å². The van der Waals surface area contributed by atoms with Gasteiger partial charge in [-0.3, -0.25) is 4.79 Å². The first-order chi connectivity index (χ1) is 6.81. The Morgan fingerprint density at radius 1 is 1.50 bits per heavy atom. The van der Waals surface area contributed by atoms with Gasteiger partial charge in [-0.2, -0.15) is 10.1 Å². The Hall–Kier alpha value is -1.75. The van der Waals surface area contributed by atoms with Gasteiger partial charge >= 0.3 is 0 Å². The predicted molar refractivity (Wildman–Crippen MR) is 52.8 cm³/mol. The van der Waals surface area contributed by atoms with E-state index in [0.29, 0.717) is 24.5 Å². The van der Waals surface area contributed by atoms with Crippen molar-refractivity contribution in [3.8, 4) is 0 Å². The Labute approximate surface area is 81.2 Å². The molecular weight excluding hydrogens is 180 g/mol. The summed E-state index contributed by atoms with van der Waals surface area (Å²) in [5, 5.41) is 5.36. The van der Waals surface area contributed by atoms with Crippen LogP contribution in [0.15, 0.2) is 29.5 Å². The highest BCUT2D eigenvalue weighted by Crippen LogP contribution is 2.16. The third-order valence-electron chi connectivity index (χ3n) is 1.93. The Morgan fingerprint density at radius 2 is 2.36 bits per heavy atom. The van der Waals surface area contributed by atoms with E-state index in [-0.39, 0.29) is 5.91 Å². The minimum absolute atomic E-state index is 0.0795. The predicted octanol–water partition coefficient (Wildman–Crippen LogP) is 0.133. The highest BCUT2D eigenvalue weighted by Gasteiger charge is 2.24. The second-order valence-electron chi connectivity index (χ2n) is 2.94. The van der Waals surface area contributed by atoms with E-state index in [1.807, 2.05) is 6.07 Å². The second kappa shape index (κ2) is 3.55. The van der Waals surface area contributed by atoms with Crippen LogP contribution in [0.5, 0.6) is 0 Å². The number of amides is 1. The van der Waals surface area contributed by atoms with Gasteiger partial charge in [-0.15, -0.1) is 0 Å². The van der Waals surface area contributed by atoms with Crippen LogP contribution >= 0.6 is 0 Å². The summed E-state index contributed by atoms with van der Waals surface area (Å²) in [4.78, 5) is 15.5. The van der Waals surface area contributed by atoms with E-state index in [9.17, 15) is 4.79 Å². The van der Waals surface area contributed by atoms with Gasteiger partial charge in [0.1, 0.15) is 0 Å². The summed E-state index contributed by atoms with van der Waals surface area (Å²) in [6.07, 6.45) is 1.92. The van der Waals surface area contributed by atoms with Crippen LogP contribution in [0.25, 0.3) is 0 Å². The first-order valence-electron chi connectivity index (χ1n) is 4.31. The summed E-state index contributed by atoms with van der Waals surface area (Å²) in [6, 6.07) is 5.34. The average molecular weight is 190 g/mol. The molecule has 0 saturated heterocycles. The minimum Gasteiger partial charge on any atom is -0.325 e. The van der Waals surface area contributed by atoms with Gasteiger partial charge in [0.15, 0.2) is 5.82 Å². The van der Waals surface area contributed by atoms with Gasteiger partial charge in [-0.25, -0.2) is 4.98 Å². The molecule has 0 unspecified atom stereocenters. The third-order valence-corrected chi connectivity index (χ3v) is 1.93. The number of hydrogen-bond acceptors (Lipinski definition) is 4. The lowest BCUT2D eigenvalue weighted by Gasteiger charge is -2.08. The van der Waals surface area contributed by atoms with Crippen molar-refractivity contribution < 1.29 is 4.79 Å². The molecule has 2 N–H and O–H groups in total. The SMILES string of the molecule is NCC1=NN(c2ccccn2)C(=O)C1. The number of hydrazone groups is 1. The molecule has 0 saturated carbocycles. The standard InChI is InChI=1S/C9H10N4O/c10-6-7-5-9(14)13(12-7)8-3-1-2-4-11-8/h1-4H,5-6,10H2. The molecule has 0 atom stereocenters. The van der Waals surface area contributed by atoms with Crippen LogP contribution in [0, 0.1) is 0 Å². The van der Waals surface area contributed by atoms with Crippen LogP contribution in [0.4, 0.5) is 5.82 Å². The quantitative estimate of drug-likeness (QED) is 0.720. The lowest BCUT2D eigenvalue weighted by Crippen LogP contribution is -2.20. The number of hydrogen-bond donors (Lipinski definition) is 1. The summed E-state index contributed by atoms with van der Waals surface area (Å²) in [6.45, 7) is 0.315. The molecule has 0 bridgehead atoms. The smallest absolute Gasteiger partial charge is 0.254 e. The summed E-state index contributed by atoms with van der Waals surface area (Å²) in [5.74, 6) is 0.463. The fraction of sp³-hybridized carbons (Fsp3) is 0.222. The van der Waals surface area contributed by atoms with Crippen LogP contribution in [0.2, 0.25) is 0 Å². The molecule has 14 heavy (non-hydrogen) atoms. The fourth-order valence-corrected chi connectivity index (χ4v) is 1.25. The van der Waals surface area contributed by atoms with E-state index in [0.717, 1.165) is 0 Å². The molecule has 0 aliphatic carbocycles. The summed E-state index contributed by atoms with van der Waals surface area (Å²) in [5.41, 5.74) is 6.10. The van der Waals surface area contributed by atoms with Crippen molar-refractivity contribution in [3.63, 3.8) is 0 Å². The molecule has 0 spiro atoms. The number of anilines is 1. The number of carbonyl (C=O) groups excluding carboxylic acids is 1. The first kappa shape index (κ1) is 8.83. The summed E-state index contributed by atoms with van der Waals surface area (Å²) in [7, 11) is 0. The maximum Gasteiger partial charge on any atom is 0.254 e. The van der Waals surface area contributed by atoms with Gasteiger partial charge in [0, 0.05) is 12.7 Å². The van der Waals surface area contributed by atoms with Crippen molar-refractivity contribution >= 4 is 17.4 Å². The van der Waals surface area contributed by atoms with Crippen molar-refractivity contribution in [2.45, 2.75) is 6.42 Å². The molecule has 72 valence electrons. The normalized spacial score (nSPS) is 15.9. The van der Waals surface area contributed by atoms with Gasteiger partial charge < -0.3 is 5.73 Å². The van der Waals surface area contributed by atoms with Crippen molar-refractivity contribution in [3.05, 3.63) is 24.4 Å². The Kier molecular flexibility index (Phi) is 2.24. The monoisotopic (exact) mass is 190 g/mol. The maximum atomic E-state index is 11.5. The van der Waals surface area contributed by atoms with E-state index < -0.39 is 0 Å². The zero-order valence-corrected chi connectivity index (χ0v) is 7.55. The Bertz CT molecular complexity index is 374. The highest BCUT2D eigenvalue weighted by atomic mass is 16.2. The van der Waals surface area contributed by atoms with E-state index in [4.69, 9.17) is 5.73 Å². The molecule has 0 fully saturated rings. The van der Waals surface area contributed by atoms with Crippen LogP contribution in [0.3, 0.4) is 0 Å². The molecule has 0 radical (unpaired) electrons. The molecule has 5 heteroatoms. The fourth-order valence-electron chi connectivity index (χ4n) is 1.25. The summed E-state index contributed by atoms with van der Waals surface area (Å²) < 4.78 is 0. The minimum atomic E-state index is -0.0795. The molecule has 1 amide bonds. The van der Waals surface area contributed by atoms with Crippen LogP contribution < -0.4 is 10.7 Å². The van der Waals surface area contributed by atoms with E-state index >= 15 is 0 Å². The lowest BCUT2D eigenvalue weighted by atomic mass is 10.3. The molecule has 5 nitrogen and oxygen atoms in total. The first-order valence-corrected chi connectivity index (χ1v) is 4.31. The van der Waals surface area contributed by atoms with Gasteiger partial charge in [0.2, 0.25) is 0 Å². The van der Waals surface area contributed by atoms with Crippen molar-refractivity contribution in [1.82, 2.24) is 4.98 Å². The summed E-state index contributed by atoms with van der Waals surface area (Å²) >= 11 is 0. The van der Waals surface area contributed by atoms with E-state index in [2.05, 4.69) is 10.1 Å². The van der Waals surface area contributed by atoms with E-state index in [1.54, 1.807) is 18.3 Å². The number of aromatic nitrogens is 1. The average Bonchev–Trinajstić information content (AvgIpc) is 2.61. The molecule has 2 heterocycles. The Morgan fingerprint density at radius 3 is 2.93 bits per heavy atom. The number of nitrogens with two attached hydrogens (primary N) is 1. The molecule has 1 aliphatic rings. The topological polar surface area (TPSA) is 71.6 Å². The Balaban J connectivity index is 2.28. The number of pyridine rings is 1. The number of nitrogens with zero attached hydrogens (tertiary/aromatic N) is 3. The molecule has 2 rings (SSSR count). The number of carbonyl (C=O) groups is 1. The van der Waals surface area contributed by atoms with Gasteiger partial charge in [-0.05, 0) is 12.1 Å². The molecule has 1 aliphatic heterocycles. The van der Waals surface area contributed by atoms with Crippen molar-refractivity contribution in [2.75, 3.05) is 11.6 Å². The van der Waals surface area contributed by atoms with Gasteiger partial charge in [-0.1, -0.05) is 6.07 Å². The van der Waals surface area contributed by atoms with E-state index in [1.165, 1.54) is 5.01 Å². The molecule has 0 aromatic carbocycles. The molecular formula is C9H10N4O. The zero-order chi connectivity index (χ0) is 9.97. The van der Waals surface area contributed by atoms with Crippen LogP contribution in [-0.2, 0) is 4.79 Å². The molecule has 1 aromatic heterocycles. The highest BCUT2D eigenvalue weighted by molar-refractivity contribution is 6.13. The lowest BCUT2D eigenvalue weighted by molar-refractivity contribution is -0.116. The maximum absolute atomic E-state index is 11.5. The van der Waals surface area contributed by atoms with Crippen LogP contribution in [0.1, 0.15) is 6.42 Å².